The highest BCUT2D eigenvalue weighted by Gasteiger charge is 2.01. The summed E-state index contributed by atoms with van der Waals surface area (Å²) in [7, 11) is 0. The van der Waals surface area contributed by atoms with Crippen LogP contribution in [0.3, 0.4) is 0 Å². The van der Waals surface area contributed by atoms with E-state index in [1.807, 2.05) is 18.2 Å². The van der Waals surface area contributed by atoms with Gasteiger partial charge in [-0.2, -0.15) is 0 Å². The van der Waals surface area contributed by atoms with Crippen LogP contribution < -0.4 is 10.1 Å². The molecule has 0 aliphatic carbocycles. The lowest BCUT2D eigenvalue weighted by Crippen LogP contribution is -2.26. The maximum atomic E-state index is 9.03. The number of benzene rings is 1. The fourth-order valence-corrected chi connectivity index (χ4v) is 2.01. The highest BCUT2D eigenvalue weighted by Crippen LogP contribution is 2.27. The fraction of sp³-hybridized carbons (Fsp3) is 0.500. The Balaban J connectivity index is 2.18. The molecule has 5 heteroatoms. The summed E-state index contributed by atoms with van der Waals surface area (Å²) in [6.45, 7) is 3.79. The van der Waals surface area contributed by atoms with Crippen molar-refractivity contribution in [1.29, 1.82) is 0 Å². The number of halogens is 2. The van der Waals surface area contributed by atoms with E-state index < -0.39 is 0 Å². The van der Waals surface area contributed by atoms with Gasteiger partial charge in [0, 0.05) is 11.0 Å². The van der Waals surface area contributed by atoms with Gasteiger partial charge in [0.1, 0.15) is 5.75 Å². The van der Waals surface area contributed by atoms with E-state index in [-0.39, 0.29) is 6.10 Å². The van der Waals surface area contributed by atoms with Crippen LogP contribution in [0.4, 0.5) is 0 Å². The maximum absolute atomic E-state index is 9.03. The molecule has 96 valence electrons. The summed E-state index contributed by atoms with van der Waals surface area (Å²) in [5, 5.41) is 12.8. The smallest absolute Gasteiger partial charge is 0.137 e. The Hall–Kier alpha value is -0.290. The van der Waals surface area contributed by atoms with Crippen LogP contribution in [0.1, 0.15) is 13.3 Å². The van der Waals surface area contributed by atoms with E-state index in [1.165, 1.54) is 0 Å². The molecule has 1 aromatic rings. The van der Waals surface area contributed by atoms with Crippen molar-refractivity contribution in [2.24, 2.45) is 0 Å². The van der Waals surface area contributed by atoms with Crippen LogP contribution in [0.15, 0.2) is 22.7 Å². The molecule has 1 rings (SSSR count). The highest BCUT2D eigenvalue weighted by molar-refractivity contribution is 9.10. The van der Waals surface area contributed by atoms with E-state index >= 15 is 0 Å². The first-order valence-electron chi connectivity index (χ1n) is 5.56. The predicted octanol–water partition coefficient (Wildman–Crippen LogP) is 2.84. The van der Waals surface area contributed by atoms with Gasteiger partial charge in [0.25, 0.3) is 0 Å². The average Bonchev–Trinajstić information content (AvgIpc) is 2.25. The van der Waals surface area contributed by atoms with Gasteiger partial charge in [-0.3, -0.25) is 0 Å². The van der Waals surface area contributed by atoms with Gasteiger partial charge in [0.15, 0.2) is 0 Å². The molecule has 0 heterocycles. The van der Waals surface area contributed by atoms with Crippen molar-refractivity contribution in [2.45, 2.75) is 19.4 Å². The molecular weight excluding hydrogens is 305 g/mol. The molecule has 3 nitrogen and oxygen atoms in total. The molecule has 0 saturated heterocycles. The number of hydrogen-bond donors (Lipinski definition) is 2. The maximum Gasteiger partial charge on any atom is 0.137 e. The minimum atomic E-state index is -0.308. The molecule has 0 aliphatic rings. The van der Waals surface area contributed by atoms with E-state index in [0.717, 1.165) is 17.4 Å². The van der Waals surface area contributed by atoms with Crippen LogP contribution in [0.25, 0.3) is 0 Å². The summed E-state index contributed by atoms with van der Waals surface area (Å²) in [6.07, 6.45) is 0.566. The third kappa shape index (κ3) is 6.27. The molecule has 2 N–H and O–H groups in total. The van der Waals surface area contributed by atoms with Gasteiger partial charge in [-0.05, 0) is 38.1 Å². The number of aliphatic hydroxyl groups is 1. The first-order chi connectivity index (χ1) is 8.09. The van der Waals surface area contributed by atoms with Crippen molar-refractivity contribution >= 4 is 27.5 Å². The number of rotatable bonds is 7. The monoisotopic (exact) mass is 321 g/mol. The molecule has 0 bridgehead atoms. The molecular formula is C12H17BrClNO2. The number of nitrogens with one attached hydrogen (secondary N) is 1. The molecule has 0 aliphatic heterocycles. The number of hydrogen-bond acceptors (Lipinski definition) is 3. The van der Waals surface area contributed by atoms with E-state index in [9.17, 15) is 0 Å². The van der Waals surface area contributed by atoms with Crippen molar-refractivity contribution in [3.05, 3.63) is 27.7 Å². The second-order valence-electron chi connectivity index (χ2n) is 3.83. The van der Waals surface area contributed by atoms with Crippen molar-refractivity contribution in [3.63, 3.8) is 0 Å². The minimum Gasteiger partial charge on any atom is -0.492 e. The third-order valence-electron chi connectivity index (χ3n) is 2.09. The van der Waals surface area contributed by atoms with Crippen molar-refractivity contribution in [1.82, 2.24) is 5.32 Å². The van der Waals surface area contributed by atoms with Gasteiger partial charge in [0.05, 0.1) is 17.7 Å². The molecule has 1 aromatic carbocycles. The van der Waals surface area contributed by atoms with Crippen molar-refractivity contribution in [2.75, 3.05) is 19.7 Å². The average molecular weight is 323 g/mol. The van der Waals surface area contributed by atoms with Gasteiger partial charge in [-0.25, -0.2) is 0 Å². The van der Waals surface area contributed by atoms with Crippen LogP contribution >= 0.6 is 27.5 Å². The zero-order chi connectivity index (χ0) is 12.7. The standard InChI is InChI=1S/C12H17BrClNO2/c1-9(16)8-15-5-2-6-17-12-4-3-10(13)7-11(12)14/h3-4,7,9,15-16H,2,5-6,8H2,1H3. The second kappa shape index (κ2) is 7.93. The Morgan fingerprint density at radius 3 is 2.94 bits per heavy atom. The largest absolute Gasteiger partial charge is 0.492 e. The Labute approximate surface area is 115 Å². The summed E-state index contributed by atoms with van der Waals surface area (Å²) in [5.41, 5.74) is 0. The molecule has 0 fully saturated rings. The molecule has 17 heavy (non-hydrogen) atoms. The van der Waals surface area contributed by atoms with Crippen molar-refractivity contribution in [3.8, 4) is 5.75 Å². The van der Waals surface area contributed by atoms with Crippen LogP contribution in [0, 0.1) is 0 Å². The Morgan fingerprint density at radius 1 is 1.53 bits per heavy atom. The first kappa shape index (κ1) is 14.8. The van der Waals surface area contributed by atoms with Gasteiger partial charge in [-0.1, -0.05) is 27.5 Å². The fourth-order valence-electron chi connectivity index (χ4n) is 1.28. The zero-order valence-electron chi connectivity index (χ0n) is 9.75. The lowest BCUT2D eigenvalue weighted by molar-refractivity contribution is 0.190. The summed E-state index contributed by atoms with van der Waals surface area (Å²) in [4.78, 5) is 0. The molecule has 0 aromatic heterocycles. The number of ether oxygens (including phenoxy) is 1. The van der Waals surface area contributed by atoms with Gasteiger partial charge < -0.3 is 15.2 Å². The Morgan fingerprint density at radius 2 is 2.29 bits per heavy atom. The Bertz CT molecular complexity index is 347. The predicted molar refractivity (Wildman–Crippen MR) is 73.8 cm³/mol. The topological polar surface area (TPSA) is 41.5 Å². The second-order valence-corrected chi connectivity index (χ2v) is 5.15. The zero-order valence-corrected chi connectivity index (χ0v) is 12.1. The van der Waals surface area contributed by atoms with Crippen LogP contribution in [-0.2, 0) is 0 Å². The normalized spacial score (nSPS) is 12.5. The van der Waals surface area contributed by atoms with Gasteiger partial charge in [0.2, 0.25) is 0 Å². The van der Waals surface area contributed by atoms with E-state index in [4.69, 9.17) is 21.4 Å². The van der Waals surface area contributed by atoms with E-state index in [1.54, 1.807) is 6.92 Å². The lowest BCUT2D eigenvalue weighted by atomic mass is 10.3. The van der Waals surface area contributed by atoms with Gasteiger partial charge >= 0.3 is 0 Å². The SMILES string of the molecule is CC(O)CNCCCOc1ccc(Br)cc1Cl. The van der Waals surface area contributed by atoms with Crippen molar-refractivity contribution < 1.29 is 9.84 Å². The summed E-state index contributed by atoms with van der Waals surface area (Å²) in [6, 6.07) is 5.55. The quantitative estimate of drug-likeness (QED) is 0.759. The molecule has 0 amide bonds. The summed E-state index contributed by atoms with van der Waals surface area (Å²) < 4.78 is 6.48. The molecule has 1 unspecified atom stereocenters. The van der Waals surface area contributed by atoms with Crippen LogP contribution in [0.2, 0.25) is 5.02 Å². The number of aliphatic hydroxyl groups excluding tert-OH is 1. The van der Waals surface area contributed by atoms with E-state index in [2.05, 4.69) is 21.2 Å². The van der Waals surface area contributed by atoms with Gasteiger partial charge in [-0.15, -0.1) is 0 Å². The molecule has 0 saturated carbocycles. The minimum absolute atomic E-state index is 0.308. The van der Waals surface area contributed by atoms with Crippen LogP contribution in [-0.4, -0.2) is 30.9 Å². The Kier molecular flexibility index (Phi) is 6.89. The molecule has 0 radical (unpaired) electrons. The highest BCUT2D eigenvalue weighted by atomic mass is 79.9. The van der Waals surface area contributed by atoms with E-state index in [0.29, 0.717) is 23.9 Å². The lowest BCUT2D eigenvalue weighted by Gasteiger charge is -2.09. The molecule has 1 atom stereocenters. The third-order valence-corrected chi connectivity index (χ3v) is 2.88. The van der Waals surface area contributed by atoms with Crippen LogP contribution in [0.5, 0.6) is 5.75 Å². The summed E-state index contributed by atoms with van der Waals surface area (Å²) >= 11 is 9.35. The molecule has 0 spiro atoms. The summed E-state index contributed by atoms with van der Waals surface area (Å²) in [5.74, 6) is 0.699. The first-order valence-corrected chi connectivity index (χ1v) is 6.73.